The Morgan fingerprint density at radius 2 is 1.71 bits per heavy atom. The number of benzene rings is 2. The van der Waals surface area contributed by atoms with Crippen LogP contribution in [-0.4, -0.2) is 34.4 Å². The second-order valence-corrected chi connectivity index (χ2v) is 9.49. The molecule has 0 unspecified atom stereocenters. The summed E-state index contributed by atoms with van der Waals surface area (Å²) in [6.45, 7) is -0.436. The fraction of sp³-hybridized carbons (Fsp3) is 0.143. The maximum atomic E-state index is 13.5. The minimum Gasteiger partial charge on any atom is -0.440 e. The van der Waals surface area contributed by atoms with E-state index in [4.69, 9.17) is 9.72 Å². The molecule has 3 heterocycles. The lowest BCUT2D eigenvalue weighted by Gasteiger charge is -2.23. The lowest BCUT2D eigenvalue weighted by atomic mass is 9.86. The first-order valence-corrected chi connectivity index (χ1v) is 12.3. The smallest absolute Gasteiger partial charge is 0.340 e. The van der Waals surface area contributed by atoms with E-state index in [1.807, 2.05) is 35.7 Å². The lowest BCUT2D eigenvalue weighted by Crippen LogP contribution is -2.33. The van der Waals surface area contributed by atoms with Gasteiger partial charge in [0, 0.05) is 10.3 Å². The largest absolute Gasteiger partial charge is 0.440 e. The Hall–Kier alpha value is -4.10. The van der Waals surface area contributed by atoms with Gasteiger partial charge in [-0.2, -0.15) is 0 Å². The predicted octanol–water partition coefficient (Wildman–Crippen LogP) is 5.58. The highest BCUT2D eigenvalue weighted by Crippen LogP contribution is 2.37. The molecule has 1 aliphatic carbocycles. The van der Waals surface area contributed by atoms with Gasteiger partial charge < -0.3 is 4.74 Å². The van der Waals surface area contributed by atoms with E-state index in [1.54, 1.807) is 35.6 Å². The van der Waals surface area contributed by atoms with Gasteiger partial charge in [0.05, 0.1) is 27.9 Å². The number of allylic oxidation sites excluding steroid dienone is 1. The number of esters is 1. The number of nitrogens with zero attached hydrogens (tertiary/aromatic N) is 2. The van der Waals surface area contributed by atoms with E-state index in [2.05, 4.69) is 12.1 Å². The Balaban J connectivity index is 1.37. The highest BCUT2D eigenvalue weighted by Gasteiger charge is 2.36. The topological polar surface area (TPSA) is 76.6 Å². The molecule has 35 heavy (non-hydrogen) atoms. The average molecular weight is 481 g/mol. The summed E-state index contributed by atoms with van der Waals surface area (Å²) in [5, 5.41) is 2.74. The fourth-order valence-corrected chi connectivity index (χ4v) is 5.49. The van der Waals surface area contributed by atoms with Crippen LogP contribution in [-0.2, 0) is 11.2 Å². The molecule has 2 aliphatic rings. The first-order valence-electron chi connectivity index (χ1n) is 11.4. The van der Waals surface area contributed by atoms with E-state index < -0.39 is 24.5 Å². The van der Waals surface area contributed by atoms with Crippen LogP contribution in [0.15, 0.2) is 66.0 Å². The molecular weight excluding hydrogens is 460 g/mol. The van der Waals surface area contributed by atoms with E-state index in [0.29, 0.717) is 34.0 Å². The summed E-state index contributed by atoms with van der Waals surface area (Å²) < 4.78 is 5.60. The maximum absolute atomic E-state index is 13.5. The van der Waals surface area contributed by atoms with Gasteiger partial charge in [-0.25, -0.2) is 14.7 Å². The second kappa shape index (κ2) is 8.60. The first kappa shape index (κ1) is 21.4. The fourth-order valence-electron chi connectivity index (χ4n) is 4.80. The zero-order valence-corrected chi connectivity index (χ0v) is 19.5. The monoisotopic (exact) mass is 480 g/mol. The molecule has 6 rings (SSSR count). The van der Waals surface area contributed by atoms with Crippen molar-refractivity contribution in [3.8, 4) is 0 Å². The number of rotatable bonds is 4. The summed E-state index contributed by atoms with van der Waals surface area (Å²) in [6.07, 6.45) is 4.60. The zero-order valence-electron chi connectivity index (χ0n) is 18.7. The summed E-state index contributed by atoms with van der Waals surface area (Å²) in [4.78, 5) is 45.9. The molecule has 2 aromatic carbocycles. The van der Waals surface area contributed by atoms with E-state index in [0.717, 1.165) is 39.4 Å². The highest BCUT2D eigenvalue weighted by molar-refractivity contribution is 7.10. The predicted molar refractivity (Wildman–Crippen MR) is 134 cm³/mol. The van der Waals surface area contributed by atoms with Gasteiger partial charge in [0.15, 0.2) is 6.73 Å². The molecule has 0 saturated heterocycles. The quantitative estimate of drug-likeness (QED) is 0.281. The molecule has 2 aromatic heterocycles. The van der Waals surface area contributed by atoms with Crippen LogP contribution >= 0.6 is 11.3 Å². The normalized spacial score (nSPS) is 16.0. The summed E-state index contributed by atoms with van der Waals surface area (Å²) in [5.74, 6) is -1.48. The molecule has 172 valence electrons. The van der Waals surface area contributed by atoms with Gasteiger partial charge >= 0.3 is 5.97 Å². The van der Waals surface area contributed by atoms with Crippen molar-refractivity contribution in [2.45, 2.75) is 19.3 Å². The van der Waals surface area contributed by atoms with Gasteiger partial charge in [-0.05, 0) is 66.1 Å². The Morgan fingerprint density at radius 3 is 2.46 bits per heavy atom. The number of hydrogen-bond acceptors (Lipinski definition) is 6. The number of thiophene rings is 1. The number of carbonyl (C=O) groups excluding carboxylic acids is 3. The first-order chi connectivity index (χ1) is 17.1. The van der Waals surface area contributed by atoms with Crippen molar-refractivity contribution in [3.05, 3.63) is 98.9 Å². The van der Waals surface area contributed by atoms with Crippen molar-refractivity contribution in [2.24, 2.45) is 0 Å². The lowest BCUT2D eigenvalue weighted by molar-refractivity contribution is 0.0229. The molecule has 4 aromatic rings. The number of carbonyl (C=O) groups is 3. The number of aromatic nitrogens is 1. The maximum Gasteiger partial charge on any atom is 0.340 e. The van der Waals surface area contributed by atoms with Crippen molar-refractivity contribution in [1.29, 1.82) is 0 Å². The number of para-hydroxylation sites is 1. The van der Waals surface area contributed by atoms with E-state index >= 15 is 0 Å². The summed E-state index contributed by atoms with van der Waals surface area (Å²) >= 11 is 1.66. The van der Waals surface area contributed by atoms with Gasteiger partial charge in [-0.1, -0.05) is 36.4 Å². The number of amides is 2. The third-order valence-corrected chi connectivity index (χ3v) is 7.26. The Bertz CT molecular complexity index is 1500. The molecule has 0 saturated carbocycles. The molecular formula is C28H20N2O4S. The minimum atomic E-state index is -0.561. The van der Waals surface area contributed by atoms with Gasteiger partial charge in [-0.15, -0.1) is 11.3 Å². The second-order valence-electron chi connectivity index (χ2n) is 8.51. The molecule has 6 nitrogen and oxygen atoms in total. The van der Waals surface area contributed by atoms with Gasteiger partial charge in [0.1, 0.15) is 0 Å². The van der Waals surface area contributed by atoms with Gasteiger partial charge in [-0.3, -0.25) is 9.59 Å². The molecule has 0 fully saturated rings. The summed E-state index contributed by atoms with van der Waals surface area (Å²) in [7, 11) is 0. The van der Waals surface area contributed by atoms with Crippen LogP contribution in [0.4, 0.5) is 0 Å². The SMILES string of the molecule is O=C(OCN1C(=O)c2ccccc2C1=O)c1c2c(nc3ccccc13)C(=Cc1cccs1)CCC2. The number of hydrogen-bond donors (Lipinski definition) is 0. The Labute approximate surface area is 205 Å². The Kier molecular flexibility index (Phi) is 5.26. The summed E-state index contributed by atoms with van der Waals surface area (Å²) in [5.41, 5.74) is 4.57. The average Bonchev–Trinajstić information content (AvgIpc) is 3.48. The number of pyridine rings is 1. The summed E-state index contributed by atoms with van der Waals surface area (Å²) in [6, 6.07) is 18.2. The molecule has 2 amide bonds. The number of imide groups is 1. The van der Waals surface area contributed by atoms with Crippen LogP contribution in [0.3, 0.4) is 0 Å². The minimum absolute atomic E-state index is 0.323. The third kappa shape index (κ3) is 3.65. The van der Waals surface area contributed by atoms with Gasteiger partial charge in [0.2, 0.25) is 0 Å². The molecule has 0 atom stereocenters. The highest BCUT2D eigenvalue weighted by atomic mass is 32.1. The van der Waals surface area contributed by atoms with Crippen molar-refractivity contribution >= 4 is 51.7 Å². The molecule has 0 bridgehead atoms. The van der Waals surface area contributed by atoms with E-state index in [9.17, 15) is 14.4 Å². The van der Waals surface area contributed by atoms with Crippen LogP contribution in [0, 0.1) is 0 Å². The van der Waals surface area contributed by atoms with Crippen molar-refractivity contribution in [1.82, 2.24) is 9.88 Å². The van der Waals surface area contributed by atoms with Crippen LogP contribution < -0.4 is 0 Å². The van der Waals surface area contributed by atoms with Crippen molar-refractivity contribution in [3.63, 3.8) is 0 Å². The number of ether oxygens (including phenoxy) is 1. The Morgan fingerprint density at radius 1 is 0.971 bits per heavy atom. The van der Waals surface area contributed by atoms with Crippen LogP contribution in [0.25, 0.3) is 22.6 Å². The van der Waals surface area contributed by atoms with Crippen molar-refractivity contribution < 1.29 is 19.1 Å². The van der Waals surface area contributed by atoms with Crippen LogP contribution in [0.1, 0.15) is 60.1 Å². The molecule has 7 heteroatoms. The van der Waals surface area contributed by atoms with Crippen molar-refractivity contribution in [2.75, 3.05) is 6.73 Å². The third-order valence-electron chi connectivity index (χ3n) is 6.44. The molecule has 0 radical (unpaired) electrons. The van der Waals surface area contributed by atoms with Crippen LogP contribution in [0.5, 0.6) is 0 Å². The van der Waals surface area contributed by atoms with E-state index in [1.165, 1.54) is 0 Å². The van der Waals surface area contributed by atoms with Gasteiger partial charge in [0.25, 0.3) is 11.8 Å². The molecule has 0 spiro atoms. The number of fused-ring (bicyclic) bond motifs is 3. The molecule has 1 aliphatic heterocycles. The zero-order chi connectivity index (χ0) is 23.9. The van der Waals surface area contributed by atoms with E-state index in [-0.39, 0.29) is 0 Å². The standard InChI is InChI=1S/C28H20N2O4S/c31-26-19-9-1-2-10-20(19)27(32)30(26)16-34-28(33)24-21-11-3-4-13-23(21)29-25-17(7-5-12-22(24)25)15-18-8-6-14-35-18/h1-4,6,8-11,13-15H,5,7,12,16H2. The van der Waals surface area contributed by atoms with Crippen LogP contribution in [0.2, 0.25) is 0 Å². The molecule has 0 N–H and O–H groups in total.